The molecule has 0 radical (unpaired) electrons. The van der Waals surface area contributed by atoms with Crippen LogP contribution in [-0.4, -0.2) is 29.6 Å². The van der Waals surface area contributed by atoms with E-state index in [4.69, 9.17) is 10.5 Å². The zero-order valence-corrected chi connectivity index (χ0v) is 15.9. The number of hydrogen-bond donors (Lipinski definition) is 4. The Kier molecular flexibility index (Phi) is 7.57. The normalized spacial score (nSPS) is 12.3. The highest BCUT2D eigenvalue weighted by Gasteiger charge is 2.27. The van der Waals surface area contributed by atoms with Gasteiger partial charge >= 0.3 is 6.09 Å². The highest BCUT2D eigenvalue weighted by atomic mass is 16.6. The number of carbonyl (C=O) groups is 3. The van der Waals surface area contributed by atoms with E-state index in [2.05, 4.69) is 16.2 Å². The maximum absolute atomic E-state index is 12.3. The Hall–Kier alpha value is -2.61. The van der Waals surface area contributed by atoms with Crippen molar-refractivity contribution in [3.63, 3.8) is 0 Å². The number of hydrazine groups is 1. The van der Waals surface area contributed by atoms with Crippen molar-refractivity contribution in [1.29, 1.82) is 0 Å². The molecular weight excluding hydrogens is 336 g/mol. The molecule has 8 nitrogen and oxygen atoms in total. The Labute approximate surface area is 153 Å². The second kappa shape index (κ2) is 9.19. The topological polar surface area (TPSA) is 123 Å². The highest BCUT2D eigenvalue weighted by molar-refractivity contribution is 5.96. The second-order valence-corrected chi connectivity index (χ2v) is 7.21. The highest BCUT2D eigenvalue weighted by Crippen LogP contribution is 2.09. The maximum Gasteiger partial charge on any atom is 0.408 e. The molecule has 1 aromatic rings. The number of carbonyl (C=O) groups excluding carboxylic acids is 3. The molecule has 5 N–H and O–H groups in total. The van der Waals surface area contributed by atoms with Gasteiger partial charge in [-0.2, -0.15) is 0 Å². The summed E-state index contributed by atoms with van der Waals surface area (Å²) in [7, 11) is 0. The van der Waals surface area contributed by atoms with Gasteiger partial charge in [-0.05, 0) is 44.4 Å². The number of amides is 3. The molecule has 1 atom stereocenters. The molecule has 0 bridgehead atoms. The van der Waals surface area contributed by atoms with Gasteiger partial charge in [0.05, 0.1) is 0 Å². The fraction of sp³-hybridized carbons (Fsp3) is 0.500. The third-order valence-corrected chi connectivity index (χ3v) is 3.37. The average Bonchev–Trinajstić information content (AvgIpc) is 2.55. The van der Waals surface area contributed by atoms with Crippen molar-refractivity contribution in [3.8, 4) is 0 Å². The molecule has 0 aliphatic heterocycles. The standard InChI is InChI=1S/C18H28N4O4/c1-11(2)14(20-17(25)26-18(3,4)5)16(24)22-21-15(23)13-8-6-12(10-19)7-9-13/h6-9,11,14H,10,19H2,1-5H3,(H,20,25)(H,21,23)(H,22,24)/t14-/m1/s1. The van der Waals surface area contributed by atoms with E-state index in [0.29, 0.717) is 12.1 Å². The first-order chi connectivity index (χ1) is 12.0. The third kappa shape index (κ3) is 7.10. The molecule has 0 aliphatic rings. The maximum atomic E-state index is 12.3. The van der Waals surface area contributed by atoms with Crippen LogP contribution in [0.1, 0.15) is 50.5 Å². The first-order valence-electron chi connectivity index (χ1n) is 8.42. The predicted molar refractivity (Wildman–Crippen MR) is 97.9 cm³/mol. The lowest BCUT2D eigenvalue weighted by Gasteiger charge is -2.25. The molecule has 144 valence electrons. The van der Waals surface area contributed by atoms with Gasteiger partial charge in [0.25, 0.3) is 11.8 Å². The summed E-state index contributed by atoms with van der Waals surface area (Å²) >= 11 is 0. The zero-order valence-electron chi connectivity index (χ0n) is 15.9. The van der Waals surface area contributed by atoms with Gasteiger partial charge in [-0.3, -0.25) is 20.4 Å². The van der Waals surface area contributed by atoms with E-state index in [1.165, 1.54) is 0 Å². The smallest absolute Gasteiger partial charge is 0.408 e. The van der Waals surface area contributed by atoms with E-state index >= 15 is 0 Å². The van der Waals surface area contributed by atoms with E-state index in [9.17, 15) is 14.4 Å². The number of benzene rings is 1. The molecule has 0 unspecified atom stereocenters. The molecule has 0 heterocycles. The van der Waals surface area contributed by atoms with Crippen molar-refractivity contribution in [2.75, 3.05) is 0 Å². The van der Waals surface area contributed by atoms with Crippen LogP contribution in [0.2, 0.25) is 0 Å². The van der Waals surface area contributed by atoms with Gasteiger partial charge in [-0.15, -0.1) is 0 Å². The molecule has 8 heteroatoms. The quantitative estimate of drug-likeness (QED) is 0.589. The van der Waals surface area contributed by atoms with Crippen molar-refractivity contribution >= 4 is 17.9 Å². The molecule has 0 spiro atoms. The molecule has 26 heavy (non-hydrogen) atoms. The van der Waals surface area contributed by atoms with Gasteiger partial charge in [0.1, 0.15) is 11.6 Å². The first-order valence-corrected chi connectivity index (χ1v) is 8.42. The number of ether oxygens (including phenoxy) is 1. The fourth-order valence-corrected chi connectivity index (χ4v) is 2.03. The summed E-state index contributed by atoms with van der Waals surface area (Å²) in [4.78, 5) is 36.3. The molecule has 0 aromatic heterocycles. The van der Waals surface area contributed by atoms with Crippen LogP contribution < -0.4 is 21.9 Å². The van der Waals surface area contributed by atoms with Crippen molar-refractivity contribution in [2.45, 2.75) is 52.8 Å². The molecule has 1 rings (SSSR count). The Bertz CT molecular complexity index is 636. The van der Waals surface area contributed by atoms with Crippen molar-refractivity contribution < 1.29 is 19.1 Å². The van der Waals surface area contributed by atoms with E-state index in [1.807, 2.05) is 0 Å². The average molecular weight is 364 g/mol. The molecular formula is C18H28N4O4. The van der Waals surface area contributed by atoms with Gasteiger partial charge in [-0.1, -0.05) is 26.0 Å². The molecule has 3 amide bonds. The minimum absolute atomic E-state index is 0.205. The molecule has 0 saturated heterocycles. The largest absolute Gasteiger partial charge is 0.444 e. The Morgan fingerprint density at radius 1 is 1.08 bits per heavy atom. The Morgan fingerprint density at radius 2 is 1.65 bits per heavy atom. The number of alkyl carbamates (subject to hydrolysis) is 1. The molecule has 1 aromatic carbocycles. The van der Waals surface area contributed by atoms with E-state index in [0.717, 1.165) is 5.56 Å². The minimum atomic E-state index is -0.857. The first kappa shape index (κ1) is 21.4. The van der Waals surface area contributed by atoms with Crippen LogP contribution >= 0.6 is 0 Å². The minimum Gasteiger partial charge on any atom is -0.444 e. The Balaban J connectivity index is 2.63. The van der Waals surface area contributed by atoms with E-state index < -0.39 is 29.6 Å². The molecule has 0 fully saturated rings. The summed E-state index contributed by atoms with van der Waals surface area (Å²) < 4.78 is 5.16. The van der Waals surface area contributed by atoms with E-state index in [1.54, 1.807) is 58.9 Å². The summed E-state index contributed by atoms with van der Waals surface area (Å²) in [6.07, 6.45) is -0.699. The summed E-state index contributed by atoms with van der Waals surface area (Å²) in [5.41, 5.74) is 10.8. The Morgan fingerprint density at radius 3 is 2.12 bits per heavy atom. The van der Waals surface area contributed by atoms with Crippen molar-refractivity contribution in [2.24, 2.45) is 11.7 Å². The van der Waals surface area contributed by atoms with Crippen molar-refractivity contribution in [3.05, 3.63) is 35.4 Å². The lowest BCUT2D eigenvalue weighted by molar-refractivity contribution is -0.125. The lowest BCUT2D eigenvalue weighted by Crippen LogP contribution is -2.55. The molecule has 0 saturated carbocycles. The van der Waals surface area contributed by atoms with Gasteiger partial charge in [0.15, 0.2) is 0 Å². The summed E-state index contributed by atoms with van der Waals surface area (Å²) in [5, 5.41) is 2.51. The number of hydrogen-bond acceptors (Lipinski definition) is 5. The van der Waals surface area contributed by atoms with Gasteiger partial charge in [-0.25, -0.2) is 4.79 Å². The third-order valence-electron chi connectivity index (χ3n) is 3.37. The van der Waals surface area contributed by atoms with E-state index in [-0.39, 0.29) is 5.92 Å². The van der Waals surface area contributed by atoms with Crippen LogP contribution in [0.3, 0.4) is 0 Å². The summed E-state index contributed by atoms with van der Waals surface area (Å²) in [6, 6.07) is 5.84. The van der Waals surface area contributed by atoms with Crippen LogP contribution in [-0.2, 0) is 16.1 Å². The van der Waals surface area contributed by atoms with Crippen LogP contribution in [0, 0.1) is 5.92 Å². The zero-order chi connectivity index (χ0) is 19.9. The summed E-state index contributed by atoms with van der Waals surface area (Å²) in [6.45, 7) is 9.11. The van der Waals surface area contributed by atoms with Crippen LogP contribution in [0.4, 0.5) is 4.79 Å². The second-order valence-electron chi connectivity index (χ2n) is 7.21. The van der Waals surface area contributed by atoms with Crippen LogP contribution in [0.15, 0.2) is 24.3 Å². The monoisotopic (exact) mass is 364 g/mol. The fourth-order valence-electron chi connectivity index (χ4n) is 2.03. The van der Waals surface area contributed by atoms with Gasteiger partial charge in [0.2, 0.25) is 0 Å². The van der Waals surface area contributed by atoms with Crippen LogP contribution in [0.5, 0.6) is 0 Å². The summed E-state index contributed by atoms with van der Waals surface area (Å²) in [5.74, 6) is -1.22. The van der Waals surface area contributed by atoms with Gasteiger partial charge in [0, 0.05) is 12.1 Å². The lowest BCUT2D eigenvalue weighted by atomic mass is 10.0. The SMILES string of the molecule is CC(C)[C@@H](NC(=O)OC(C)(C)C)C(=O)NNC(=O)c1ccc(CN)cc1. The van der Waals surface area contributed by atoms with Gasteiger partial charge < -0.3 is 15.8 Å². The number of nitrogens with one attached hydrogen (secondary N) is 3. The molecule has 0 aliphatic carbocycles. The predicted octanol–water partition coefficient (Wildman–Crippen LogP) is 1.46. The van der Waals surface area contributed by atoms with Crippen molar-refractivity contribution in [1.82, 2.24) is 16.2 Å². The van der Waals surface area contributed by atoms with Crippen LogP contribution in [0.25, 0.3) is 0 Å². The number of nitrogens with two attached hydrogens (primary N) is 1. The number of rotatable bonds is 5.